The number of aldehydes is 1. The minimum absolute atomic E-state index is 0.0853. The zero-order chi connectivity index (χ0) is 14.2. The molecule has 0 unspecified atom stereocenters. The van der Waals surface area contributed by atoms with Crippen LogP contribution in [0.3, 0.4) is 0 Å². The Morgan fingerprint density at radius 2 is 2.20 bits per heavy atom. The molecule has 0 amide bonds. The largest absolute Gasteiger partial charge is 0.390 e. The van der Waals surface area contributed by atoms with Crippen molar-refractivity contribution >= 4 is 6.29 Å². The molecular formula is C14H19NO5. The van der Waals surface area contributed by atoms with Crippen LogP contribution in [0.4, 0.5) is 0 Å². The second-order valence-corrected chi connectivity index (χ2v) is 5.58. The molecule has 1 aliphatic heterocycles. The molecule has 1 aliphatic carbocycles. The van der Waals surface area contributed by atoms with E-state index in [-0.39, 0.29) is 25.6 Å². The van der Waals surface area contributed by atoms with Crippen LogP contribution >= 0.6 is 0 Å². The molecule has 2 heterocycles. The fourth-order valence-corrected chi connectivity index (χ4v) is 2.66. The summed E-state index contributed by atoms with van der Waals surface area (Å²) in [5.41, 5.74) is 1.29. The van der Waals surface area contributed by atoms with E-state index in [0.29, 0.717) is 5.69 Å². The molecule has 3 atom stereocenters. The van der Waals surface area contributed by atoms with Crippen molar-refractivity contribution in [2.45, 2.75) is 43.9 Å². The number of aliphatic hydroxyl groups is 2. The first-order valence-corrected chi connectivity index (χ1v) is 6.90. The van der Waals surface area contributed by atoms with Crippen LogP contribution in [0, 0.1) is 5.92 Å². The average Bonchev–Trinajstić information content (AvgIpc) is 3.20. The van der Waals surface area contributed by atoms with E-state index >= 15 is 0 Å². The average molecular weight is 281 g/mol. The normalized spacial score (nSPS) is 34.1. The highest BCUT2D eigenvalue weighted by Gasteiger charge is 2.52. The van der Waals surface area contributed by atoms with Crippen LogP contribution in [0.15, 0.2) is 12.1 Å². The molecule has 20 heavy (non-hydrogen) atoms. The topological polar surface area (TPSA) is 91.8 Å². The maximum atomic E-state index is 10.6. The highest BCUT2D eigenvalue weighted by atomic mass is 16.7. The van der Waals surface area contributed by atoms with Gasteiger partial charge in [0.05, 0.1) is 25.0 Å². The Kier molecular flexibility index (Phi) is 3.64. The second-order valence-electron chi connectivity index (χ2n) is 5.58. The predicted molar refractivity (Wildman–Crippen MR) is 69.0 cm³/mol. The van der Waals surface area contributed by atoms with Crippen LogP contribution in [0.1, 0.15) is 35.4 Å². The highest BCUT2D eigenvalue weighted by Crippen LogP contribution is 2.47. The molecule has 0 radical (unpaired) electrons. The summed E-state index contributed by atoms with van der Waals surface area (Å²) < 4.78 is 11.6. The lowest BCUT2D eigenvalue weighted by atomic mass is 9.96. The highest BCUT2D eigenvalue weighted by molar-refractivity contribution is 5.71. The smallest absolute Gasteiger partial charge is 0.174 e. The number of aliphatic hydroxyl groups excluding tert-OH is 2. The van der Waals surface area contributed by atoms with E-state index in [1.54, 1.807) is 12.1 Å². The lowest BCUT2D eigenvalue weighted by Crippen LogP contribution is -2.52. The van der Waals surface area contributed by atoms with Crippen LogP contribution < -0.4 is 0 Å². The molecule has 3 N–H and O–H groups in total. The molecule has 2 aliphatic rings. The number of carbonyl (C=O) groups excluding carboxylic acids is 1. The van der Waals surface area contributed by atoms with Gasteiger partial charge in [0.25, 0.3) is 0 Å². The van der Waals surface area contributed by atoms with Gasteiger partial charge in [-0.1, -0.05) is 0 Å². The van der Waals surface area contributed by atoms with E-state index < -0.39 is 18.0 Å². The van der Waals surface area contributed by atoms with Gasteiger partial charge in [-0.3, -0.25) is 4.79 Å². The van der Waals surface area contributed by atoms with Gasteiger partial charge in [-0.05, 0) is 25.0 Å². The molecule has 1 aromatic rings. The summed E-state index contributed by atoms with van der Waals surface area (Å²) in [5, 5.41) is 19.4. The maximum Gasteiger partial charge on any atom is 0.174 e. The molecular weight excluding hydrogens is 262 g/mol. The fraction of sp³-hybridized carbons (Fsp3) is 0.643. The molecule has 0 aromatic carbocycles. The van der Waals surface area contributed by atoms with E-state index in [0.717, 1.165) is 24.8 Å². The Balaban J connectivity index is 1.67. The first-order valence-electron chi connectivity index (χ1n) is 6.90. The molecule has 110 valence electrons. The molecule has 6 nitrogen and oxygen atoms in total. The summed E-state index contributed by atoms with van der Waals surface area (Å²) in [6.45, 7) is 0.370. The summed E-state index contributed by atoms with van der Waals surface area (Å²) in [4.78, 5) is 13.6. The molecule has 1 saturated heterocycles. The van der Waals surface area contributed by atoms with Gasteiger partial charge >= 0.3 is 0 Å². The molecule has 0 bridgehead atoms. The third kappa shape index (κ3) is 2.64. The van der Waals surface area contributed by atoms with Crippen LogP contribution in [0.5, 0.6) is 0 Å². The van der Waals surface area contributed by atoms with Crippen LogP contribution in [-0.2, 0) is 16.1 Å². The van der Waals surface area contributed by atoms with Crippen LogP contribution in [0.25, 0.3) is 0 Å². The number of H-pyrrole nitrogens is 1. The van der Waals surface area contributed by atoms with Gasteiger partial charge in [0.15, 0.2) is 12.1 Å². The second kappa shape index (κ2) is 5.29. The maximum absolute atomic E-state index is 10.6. The Hall–Kier alpha value is -1.21. The molecule has 1 aromatic heterocycles. The zero-order valence-electron chi connectivity index (χ0n) is 11.1. The van der Waals surface area contributed by atoms with Crippen molar-refractivity contribution in [2.75, 3.05) is 6.61 Å². The number of hydrogen-bond donors (Lipinski definition) is 3. The third-order valence-corrected chi connectivity index (χ3v) is 4.00. The van der Waals surface area contributed by atoms with E-state index in [1.165, 1.54) is 0 Å². The van der Waals surface area contributed by atoms with Crippen molar-refractivity contribution < 1.29 is 24.5 Å². The van der Waals surface area contributed by atoms with E-state index in [2.05, 4.69) is 4.98 Å². The molecule has 2 fully saturated rings. The zero-order valence-corrected chi connectivity index (χ0v) is 11.1. The number of hydrogen-bond acceptors (Lipinski definition) is 5. The van der Waals surface area contributed by atoms with Gasteiger partial charge in [-0.15, -0.1) is 0 Å². The molecule has 3 rings (SSSR count). The number of aromatic nitrogens is 1. The number of rotatable bonds is 5. The monoisotopic (exact) mass is 281 g/mol. The Morgan fingerprint density at radius 1 is 1.40 bits per heavy atom. The van der Waals surface area contributed by atoms with Gasteiger partial charge < -0.3 is 24.7 Å². The van der Waals surface area contributed by atoms with Gasteiger partial charge in [0.2, 0.25) is 0 Å². The fourth-order valence-electron chi connectivity index (χ4n) is 2.66. The number of carbonyl (C=O) groups is 1. The van der Waals surface area contributed by atoms with Gasteiger partial charge in [-0.25, -0.2) is 0 Å². The Labute approximate surface area is 116 Å². The minimum atomic E-state index is -0.849. The van der Waals surface area contributed by atoms with Crippen molar-refractivity contribution in [2.24, 2.45) is 5.92 Å². The number of ether oxygens (including phenoxy) is 2. The quantitative estimate of drug-likeness (QED) is 0.687. The van der Waals surface area contributed by atoms with Crippen molar-refractivity contribution in [3.05, 3.63) is 23.5 Å². The number of nitrogens with one attached hydrogen (secondary N) is 1. The lowest BCUT2D eigenvalue weighted by molar-refractivity contribution is -0.307. The first kappa shape index (κ1) is 13.8. The summed E-state index contributed by atoms with van der Waals surface area (Å²) >= 11 is 0. The molecule has 1 saturated carbocycles. The summed E-state index contributed by atoms with van der Waals surface area (Å²) in [6, 6.07) is 3.48. The summed E-state index contributed by atoms with van der Waals surface area (Å²) in [5.74, 6) is -0.546. The molecule has 0 spiro atoms. The van der Waals surface area contributed by atoms with Gasteiger partial charge in [0.1, 0.15) is 6.10 Å². The van der Waals surface area contributed by atoms with Crippen molar-refractivity contribution in [1.29, 1.82) is 0 Å². The Morgan fingerprint density at radius 3 is 2.80 bits per heavy atom. The Bertz CT molecular complexity index is 484. The van der Waals surface area contributed by atoms with E-state index in [1.807, 2.05) is 0 Å². The first-order chi connectivity index (χ1) is 9.63. The SMILES string of the molecule is O=Cc1ccc(CO[C@]2(C3CC3)C[C@H](O)[C@H](O)CO2)[nH]1. The molecule has 6 heteroatoms. The predicted octanol–water partition coefficient (Wildman–Crippen LogP) is 0.592. The van der Waals surface area contributed by atoms with Gasteiger partial charge in [0, 0.05) is 18.0 Å². The lowest BCUT2D eigenvalue weighted by Gasteiger charge is -2.41. The number of aromatic amines is 1. The van der Waals surface area contributed by atoms with Crippen LogP contribution in [0.2, 0.25) is 0 Å². The van der Waals surface area contributed by atoms with Crippen molar-refractivity contribution in [3.63, 3.8) is 0 Å². The van der Waals surface area contributed by atoms with E-state index in [4.69, 9.17) is 9.47 Å². The summed E-state index contributed by atoms with van der Waals surface area (Å²) in [7, 11) is 0. The van der Waals surface area contributed by atoms with Gasteiger partial charge in [-0.2, -0.15) is 0 Å². The van der Waals surface area contributed by atoms with E-state index in [9.17, 15) is 15.0 Å². The van der Waals surface area contributed by atoms with Crippen molar-refractivity contribution in [3.8, 4) is 0 Å². The van der Waals surface area contributed by atoms with Crippen molar-refractivity contribution in [1.82, 2.24) is 4.98 Å². The standard InChI is InChI=1S/C14H19NO5/c16-6-10-3-4-11(15-10)7-19-14(9-1-2-9)5-12(17)13(18)8-20-14/h3-4,6,9,12-13,15,17-18H,1-2,5,7-8H2/t12-,13+,14+/m0/s1. The third-order valence-electron chi connectivity index (χ3n) is 4.00. The van der Waals surface area contributed by atoms with Crippen LogP contribution in [-0.4, -0.2) is 46.1 Å². The minimum Gasteiger partial charge on any atom is -0.390 e. The summed E-state index contributed by atoms with van der Waals surface area (Å²) in [6.07, 6.45) is 1.37.